The van der Waals surface area contributed by atoms with Crippen molar-refractivity contribution in [2.45, 2.75) is 0 Å². The fourth-order valence-corrected chi connectivity index (χ4v) is 1.31. The first kappa shape index (κ1) is 6.29. The van der Waals surface area contributed by atoms with E-state index in [4.69, 9.17) is 5.73 Å². The number of nitrogens with zero attached hydrogens (tertiary/aromatic N) is 3. The number of aromatic nitrogens is 4. The third-order valence-corrected chi connectivity index (χ3v) is 1.99. The molecule has 0 aliphatic rings. The summed E-state index contributed by atoms with van der Waals surface area (Å²) in [5, 5.41) is 15.2. The first-order valence-corrected chi connectivity index (χ1v) is 3.76. The molecule has 56 valence electrons. The summed E-state index contributed by atoms with van der Waals surface area (Å²) in [6.07, 6.45) is 3.43. The molecule has 2 aromatic heterocycles. The molecule has 2 heterocycles. The van der Waals surface area contributed by atoms with E-state index in [0.717, 1.165) is 10.6 Å². The van der Waals surface area contributed by atoms with Crippen LogP contribution in [-0.4, -0.2) is 20.4 Å². The van der Waals surface area contributed by atoms with Crippen LogP contribution in [0.15, 0.2) is 12.4 Å². The summed E-state index contributed by atoms with van der Waals surface area (Å²) in [5.41, 5.74) is 6.31. The summed E-state index contributed by atoms with van der Waals surface area (Å²) in [7, 11) is 0. The van der Waals surface area contributed by atoms with Crippen molar-refractivity contribution < 1.29 is 0 Å². The Bertz CT molecular complexity index is 337. The zero-order valence-electron chi connectivity index (χ0n) is 5.48. The number of anilines is 1. The Labute approximate surface area is 66.3 Å². The van der Waals surface area contributed by atoms with Crippen molar-refractivity contribution in [3.8, 4) is 10.6 Å². The fraction of sp³-hybridized carbons (Fsp3) is 0. The van der Waals surface area contributed by atoms with Gasteiger partial charge in [0.1, 0.15) is 0 Å². The number of nitrogens with one attached hydrogen (secondary N) is 1. The largest absolute Gasteiger partial charge is 0.374 e. The summed E-state index contributed by atoms with van der Waals surface area (Å²) in [6, 6.07) is 0. The molecule has 0 aliphatic heterocycles. The minimum absolute atomic E-state index is 0.473. The number of nitrogens with two attached hydrogens (primary N) is 1. The first-order valence-electron chi connectivity index (χ1n) is 2.94. The van der Waals surface area contributed by atoms with E-state index in [1.165, 1.54) is 11.3 Å². The van der Waals surface area contributed by atoms with E-state index < -0.39 is 0 Å². The van der Waals surface area contributed by atoms with Crippen LogP contribution in [0.25, 0.3) is 10.6 Å². The summed E-state index contributed by atoms with van der Waals surface area (Å²) in [6.45, 7) is 0. The summed E-state index contributed by atoms with van der Waals surface area (Å²) < 4.78 is 0. The lowest BCUT2D eigenvalue weighted by atomic mass is 10.4. The van der Waals surface area contributed by atoms with Crippen LogP contribution < -0.4 is 5.73 Å². The lowest BCUT2D eigenvalue weighted by molar-refractivity contribution is 1.09. The smallest absolute Gasteiger partial charge is 0.203 e. The van der Waals surface area contributed by atoms with Gasteiger partial charge in [0.2, 0.25) is 5.13 Å². The van der Waals surface area contributed by atoms with E-state index >= 15 is 0 Å². The van der Waals surface area contributed by atoms with Gasteiger partial charge in [-0.15, -0.1) is 10.2 Å². The van der Waals surface area contributed by atoms with Crippen LogP contribution in [0.5, 0.6) is 0 Å². The van der Waals surface area contributed by atoms with Gasteiger partial charge in [-0.1, -0.05) is 11.3 Å². The normalized spacial score (nSPS) is 10.2. The van der Waals surface area contributed by atoms with Crippen molar-refractivity contribution in [2.75, 3.05) is 5.73 Å². The molecule has 0 spiro atoms. The SMILES string of the molecule is Nc1nnc(-c2cn[nH]c2)s1. The van der Waals surface area contributed by atoms with E-state index in [9.17, 15) is 0 Å². The molecular weight excluding hydrogens is 162 g/mol. The van der Waals surface area contributed by atoms with Gasteiger partial charge in [-0.2, -0.15) is 5.10 Å². The molecule has 0 aliphatic carbocycles. The number of hydrogen-bond donors (Lipinski definition) is 2. The van der Waals surface area contributed by atoms with Crippen molar-refractivity contribution in [1.29, 1.82) is 0 Å². The molecule has 3 N–H and O–H groups in total. The molecular formula is C5H5N5S. The highest BCUT2D eigenvalue weighted by molar-refractivity contribution is 7.18. The number of rotatable bonds is 1. The van der Waals surface area contributed by atoms with Crippen LogP contribution in [0.4, 0.5) is 5.13 Å². The highest BCUT2D eigenvalue weighted by Gasteiger charge is 2.03. The van der Waals surface area contributed by atoms with Crippen molar-refractivity contribution in [2.24, 2.45) is 0 Å². The Kier molecular flexibility index (Phi) is 1.32. The third-order valence-electron chi connectivity index (χ3n) is 1.19. The molecule has 5 nitrogen and oxygen atoms in total. The molecule has 0 saturated heterocycles. The van der Waals surface area contributed by atoms with Crippen LogP contribution >= 0.6 is 11.3 Å². The van der Waals surface area contributed by atoms with Gasteiger partial charge in [0.15, 0.2) is 5.01 Å². The molecule has 0 atom stereocenters. The number of hydrogen-bond acceptors (Lipinski definition) is 5. The highest BCUT2D eigenvalue weighted by Crippen LogP contribution is 2.22. The average molecular weight is 167 g/mol. The van der Waals surface area contributed by atoms with E-state index in [0.29, 0.717) is 5.13 Å². The maximum Gasteiger partial charge on any atom is 0.203 e. The van der Waals surface area contributed by atoms with E-state index in [1.807, 2.05) is 0 Å². The molecule has 0 saturated carbocycles. The standard InChI is InChI=1S/C5H5N5S/c6-5-10-9-4(11-5)3-1-7-8-2-3/h1-2H,(H2,6,10)(H,7,8). The zero-order chi connectivity index (χ0) is 7.68. The van der Waals surface area contributed by atoms with Crippen molar-refractivity contribution in [3.63, 3.8) is 0 Å². The predicted molar refractivity (Wildman–Crippen MR) is 41.9 cm³/mol. The second kappa shape index (κ2) is 2.31. The van der Waals surface area contributed by atoms with E-state index in [1.54, 1.807) is 12.4 Å². The lowest BCUT2D eigenvalue weighted by Gasteiger charge is -1.80. The van der Waals surface area contributed by atoms with Gasteiger partial charge in [0.25, 0.3) is 0 Å². The van der Waals surface area contributed by atoms with Gasteiger partial charge in [0, 0.05) is 6.20 Å². The maximum atomic E-state index is 5.40. The van der Waals surface area contributed by atoms with Crippen LogP contribution in [0.2, 0.25) is 0 Å². The third kappa shape index (κ3) is 1.07. The summed E-state index contributed by atoms with van der Waals surface area (Å²) >= 11 is 1.34. The lowest BCUT2D eigenvalue weighted by Crippen LogP contribution is -1.79. The molecule has 0 fully saturated rings. The second-order valence-corrected chi connectivity index (χ2v) is 2.94. The molecule has 0 unspecified atom stereocenters. The zero-order valence-corrected chi connectivity index (χ0v) is 6.30. The number of H-pyrrole nitrogens is 1. The van der Waals surface area contributed by atoms with Crippen LogP contribution in [-0.2, 0) is 0 Å². The monoisotopic (exact) mass is 167 g/mol. The molecule has 2 rings (SSSR count). The van der Waals surface area contributed by atoms with Gasteiger partial charge in [-0.25, -0.2) is 0 Å². The molecule has 6 heteroatoms. The van der Waals surface area contributed by atoms with E-state index in [-0.39, 0.29) is 0 Å². The average Bonchev–Trinajstić information content (AvgIpc) is 2.55. The van der Waals surface area contributed by atoms with Gasteiger partial charge in [0.05, 0.1) is 11.8 Å². The van der Waals surface area contributed by atoms with Gasteiger partial charge in [-0.3, -0.25) is 5.10 Å². The summed E-state index contributed by atoms with van der Waals surface area (Å²) in [5.74, 6) is 0. The Hall–Kier alpha value is -1.43. The Morgan fingerprint density at radius 1 is 1.45 bits per heavy atom. The first-order chi connectivity index (χ1) is 5.36. The Morgan fingerprint density at radius 3 is 2.91 bits per heavy atom. The number of nitrogen functional groups attached to an aromatic ring is 1. The van der Waals surface area contributed by atoms with Crippen LogP contribution in [0, 0.1) is 0 Å². The van der Waals surface area contributed by atoms with Gasteiger partial charge in [-0.05, 0) is 0 Å². The molecule has 2 aromatic rings. The van der Waals surface area contributed by atoms with Crippen molar-refractivity contribution in [1.82, 2.24) is 20.4 Å². The Balaban J connectivity index is 2.45. The molecule has 11 heavy (non-hydrogen) atoms. The predicted octanol–water partition coefficient (Wildman–Crippen LogP) is 0.510. The quantitative estimate of drug-likeness (QED) is 0.648. The minimum atomic E-state index is 0.473. The molecule has 0 aromatic carbocycles. The molecule has 0 bridgehead atoms. The van der Waals surface area contributed by atoms with E-state index in [2.05, 4.69) is 20.4 Å². The number of aromatic amines is 1. The Morgan fingerprint density at radius 2 is 2.36 bits per heavy atom. The van der Waals surface area contributed by atoms with Crippen LogP contribution in [0.1, 0.15) is 0 Å². The maximum absolute atomic E-state index is 5.40. The van der Waals surface area contributed by atoms with Crippen molar-refractivity contribution in [3.05, 3.63) is 12.4 Å². The van der Waals surface area contributed by atoms with Crippen LogP contribution in [0.3, 0.4) is 0 Å². The van der Waals surface area contributed by atoms with Crippen molar-refractivity contribution >= 4 is 16.5 Å². The van der Waals surface area contributed by atoms with Gasteiger partial charge < -0.3 is 5.73 Å². The summed E-state index contributed by atoms with van der Waals surface area (Å²) in [4.78, 5) is 0. The minimum Gasteiger partial charge on any atom is -0.374 e. The highest BCUT2D eigenvalue weighted by atomic mass is 32.1. The fourth-order valence-electron chi connectivity index (χ4n) is 0.719. The topological polar surface area (TPSA) is 80.5 Å². The second-order valence-electron chi connectivity index (χ2n) is 1.93. The van der Waals surface area contributed by atoms with Gasteiger partial charge >= 0.3 is 0 Å². The molecule has 0 amide bonds. The molecule has 0 radical (unpaired) electrons.